The lowest BCUT2D eigenvalue weighted by Crippen LogP contribution is -2.27. The summed E-state index contributed by atoms with van der Waals surface area (Å²) in [5.74, 6) is 0. The van der Waals surface area contributed by atoms with E-state index in [1.807, 2.05) is 0 Å². The smallest absolute Gasteiger partial charge is 0.412 e. The van der Waals surface area contributed by atoms with Gasteiger partial charge in [-0.3, -0.25) is 10.7 Å². The van der Waals surface area contributed by atoms with Gasteiger partial charge in [0.15, 0.2) is 0 Å². The van der Waals surface area contributed by atoms with Gasteiger partial charge in [0, 0.05) is 5.69 Å². The Kier molecular flexibility index (Phi) is 5.48. The summed E-state index contributed by atoms with van der Waals surface area (Å²) in [5.41, 5.74) is 3.74. The van der Waals surface area contributed by atoms with E-state index in [1.165, 1.54) is 0 Å². The minimum atomic E-state index is -0.570. The average molecular weight is 299 g/mol. The number of anilines is 2. The Hall–Kier alpha value is -3.06. The number of nitrogens with zero attached hydrogens (tertiary/aromatic N) is 3. The minimum absolute atomic E-state index is 0.270. The maximum absolute atomic E-state index is 11.7. The number of hydrogen-bond acceptors (Lipinski definition) is 6. The molecule has 1 aromatic rings. The van der Waals surface area contributed by atoms with Crippen LogP contribution in [0.2, 0.25) is 0 Å². The molecule has 1 amide bonds. The monoisotopic (exact) mass is 299 g/mol. The van der Waals surface area contributed by atoms with E-state index in [0.29, 0.717) is 11.4 Å². The summed E-state index contributed by atoms with van der Waals surface area (Å²) in [5, 5.41) is 23.5. The molecule has 0 heterocycles. The Morgan fingerprint density at radius 3 is 2.41 bits per heavy atom. The molecule has 0 aliphatic heterocycles. The Morgan fingerprint density at radius 1 is 1.27 bits per heavy atom. The van der Waals surface area contributed by atoms with Crippen LogP contribution in [0.25, 0.3) is 0 Å². The molecule has 2 N–H and O–H groups in total. The van der Waals surface area contributed by atoms with Crippen molar-refractivity contribution < 1.29 is 9.53 Å². The van der Waals surface area contributed by atoms with Crippen molar-refractivity contribution in [2.45, 2.75) is 33.3 Å². The van der Waals surface area contributed by atoms with Gasteiger partial charge in [-0.1, -0.05) is 0 Å². The van der Waals surface area contributed by atoms with Crippen LogP contribution in [-0.4, -0.2) is 17.4 Å². The number of carbonyl (C=O) groups excluding carboxylic acids is 1. The van der Waals surface area contributed by atoms with Crippen LogP contribution < -0.4 is 10.7 Å². The second-order valence-corrected chi connectivity index (χ2v) is 5.45. The fourth-order valence-corrected chi connectivity index (χ4v) is 1.48. The van der Waals surface area contributed by atoms with Crippen molar-refractivity contribution in [2.24, 2.45) is 5.10 Å². The van der Waals surface area contributed by atoms with Crippen LogP contribution in [0.4, 0.5) is 16.2 Å². The van der Waals surface area contributed by atoms with Crippen LogP contribution in [0.1, 0.15) is 26.3 Å². The number of hydrazone groups is 1. The molecule has 7 heteroatoms. The molecule has 1 rings (SSSR count). The number of hydrogen-bond donors (Lipinski definition) is 2. The Morgan fingerprint density at radius 2 is 1.91 bits per heavy atom. The van der Waals surface area contributed by atoms with Crippen LogP contribution in [-0.2, 0) is 4.74 Å². The predicted molar refractivity (Wildman–Crippen MR) is 83.3 cm³/mol. The summed E-state index contributed by atoms with van der Waals surface area (Å²) in [4.78, 5) is 11.7. The van der Waals surface area contributed by atoms with Gasteiger partial charge in [0.05, 0.1) is 5.69 Å². The van der Waals surface area contributed by atoms with E-state index < -0.39 is 11.7 Å². The number of aryl methyl sites for hydroxylation is 1. The summed E-state index contributed by atoms with van der Waals surface area (Å²) in [7, 11) is 0. The lowest BCUT2D eigenvalue weighted by atomic mass is 10.2. The highest BCUT2D eigenvalue weighted by molar-refractivity contribution is 6.10. The molecule has 114 valence electrons. The van der Waals surface area contributed by atoms with E-state index in [9.17, 15) is 4.79 Å². The van der Waals surface area contributed by atoms with Crippen molar-refractivity contribution in [3.63, 3.8) is 0 Å². The van der Waals surface area contributed by atoms with Crippen molar-refractivity contribution in [2.75, 3.05) is 10.7 Å². The number of amides is 1. The third-order valence-electron chi connectivity index (χ3n) is 2.37. The number of benzene rings is 1. The molecule has 1 aromatic carbocycles. The first-order valence-corrected chi connectivity index (χ1v) is 6.49. The fourth-order valence-electron chi connectivity index (χ4n) is 1.48. The molecule has 0 aliphatic carbocycles. The first-order valence-electron chi connectivity index (χ1n) is 6.49. The number of carbonyl (C=O) groups is 1. The van der Waals surface area contributed by atoms with Gasteiger partial charge >= 0.3 is 6.09 Å². The third-order valence-corrected chi connectivity index (χ3v) is 2.37. The quantitative estimate of drug-likeness (QED) is 0.658. The molecular weight excluding hydrogens is 282 g/mol. The van der Waals surface area contributed by atoms with Gasteiger partial charge in [-0.25, -0.2) is 4.79 Å². The van der Waals surface area contributed by atoms with Crippen molar-refractivity contribution >= 4 is 23.2 Å². The minimum Gasteiger partial charge on any atom is -0.444 e. The zero-order chi connectivity index (χ0) is 16.8. The molecule has 0 fully saturated rings. The van der Waals surface area contributed by atoms with Crippen LogP contribution in [0, 0.1) is 29.6 Å². The van der Waals surface area contributed by atoms with Crippen molar-refractivity contribution in [3.05, 3.63) is 23.8 Å². The standard InChI is InChI=1S/C15H17N5O2/c1-10-7-11(19-20-12(8-16)9-17)5-6-13(10)18-14(21)22-15(2,3)4/h5-7,19H,1-4H3,(H,18,21). The number of nitriles is 2. The molecule has 7 nitrogen and oxygen atoms in total. The van der Waals surface area contributed by atoms with E-state index in [0.717, 1.165) is 5.56 Å². The highest BCUT2D eigenvalue weighted by Gasteiger charge is 2.16. The second kappa shape index (κ2) is 7.09. The first kappa shape index (κ1) is 17.0. The zero-order valence-electron chi connectivity index (χ0n) is 12.9. The van der Waals surface area contributed by atoms with E-state index in [1.54, 1.807) is 58.0 Å². The topological polar surface area (TPSA) is 110 Å². The average Bonchev–Trinajstić information content (AvgIpc) is 2.40. The van der Waals surface area contributed by atoms with E-state index >= 15 is 0 Å². The second-order valence-electron chi connectivity index (χ2n) is 5.45. The van der Waals surface area contributed by atoms with E-state index in [4.69, 9.17) is 15.3 Å². The van der Waals surface area contributed by atoms with E-state index in [2.05, 4.69) is 15.8 Å². The van der Waals surface area contributed by atoms with Crippen molar-refractivity contribution in [1.82, 2.24) is 0 Å². The van der Waals surface area contributed by atoms with Gasteiger partial charge in [-0.15, -0.1) is 0 Å². The lowest BCUT2D eigenvalue weighted by Gasteiger charge is -2.20. The third kappa shape index (κ3) is 5.51. The SMILES string of the molecule is Cc1cc(NN=C(C#N)C#N)ccc1NC(=O)OC(C)(C)C. The fraction of sp³-hybridized carbons (Fsp3) is 0.333. The van der Waals surface area contributed by atoms with Gasteiger partial charge in [0.1, 0.15) is 17.7 Å². The molecule has 0 unspecified atom stereocenters. The molecule has 0 radical (unpaired) electrons. The van der Waals surface area contributed by atoms with Gasteiger partial charge in [-0.05, 0) is 51.5 Å². The van der Waals surface area contributed by atoms with Gasteiger partial charge in [-0.2, -0.15) is 15.6 Å². The zero-order valence-corrected chi connectivity index (χ0v) is 12.9. The summed E-state index contributed by atoms with van der Waals surface area (Å²) in [6.07, 6.45) is -0.537. The summed E-state index contributed by atoms with van der Waals surface area (Å²) in [6, 6.07) is 8.36. The molecule has 0 saturated carbocycles. The van der Waals surface area contributed by atoms with E-state index in [-0.39, 0.29) is 5.71 Å². The van der Waals surface area contributed by atoms with Crippen LogP contribution in [0.5, 0.6) is 0 Å². The van der Waals surface area contributed by atoms with Gasteiger partial charge < -0.3 is 4.74 Å². The largest absolute Gasteiger partial charge is 0.444 e. The predicted octanol–water partition coefficient (Wildman–Crippen LogP) is 3.16. The summed E-state index contributed by atoms with van der Waals surface area (Å²) >= 11 is 0. The molecule has 0 saturated heterocycles. The normalized spacial score (nSPS) is 9.91. The van der Waals surface area contributed by atoms with Crippen molar-refractivity contribution in [3.8, 4) is 12.1 Å². The summed E-state index contributed by atoms with van der Waals surface area (Å²) in [6.45, 7) is 7.16. The lowest BCUT2D eigenvalue weighted by molar-refractivity contribution is 0.0636. The van der Waals surface area contributed by atoms with Crippen LogP contribution in [0.3, 0.4) is 0 Å². The molecule has 0 atom stereocenters. The van der Waals surface area contributed by atoms with Gasteiger partial charge in [0.25, 0.3) is 0 Å². The maximum atomic E-state index is 11.7. The maximum Gasteiger partial charge on any atom is 0.412 e. The summed E-state index contributed by atoms with van der Waals surface area (Å²) < 4.78 is 5.18. The Labute approximate surface area is 129 Å². The first-order chi connectivity index (χ1) is 10.2. The molecule has 0 aliphatic rings. The molecule has 0 bridgehead atoms. The number of ether oxygens (including phenoxy) is 1. The van der Waals surface area contributed by atoms with Crippen LogP contribution >= 0.6 is 0 Å². The number of nitrogens with one attached hydrogen (secondary N) is 2. The molecule has 22 heavy (non-hydrogen) atoms. The molecular formula is C15H17N5O2. The van der Waals surface area contributed by atoms with Crippen molar-refractivity contribution in [1.29, 1.82) is 10.5 Å². The van der Waals surface area contributed by atoms with Gasteiger partial charge in [0.2, 0.25) is 5.71 Å². The molecule has 0 spiro atoms. The Bertz CT molecular complexity index is 659. The number of rotatable bonds is 3. The van der Waals surface area contributed by atoms with Crippen LogP contribution in [0.15, 0.2) is 23.3 Å². The highest BCUT2D eigenvalue weighted by Crippen LogP contribution is 2.20. The Balaban J connectivity index is 2.79. The highest BCUT2D eigenvalue weighted by atomic mass is 16.6. The molecule has 0 aromatic heterocycles.